The molecule has 0 atom stereocenters. The Morgan fingerprint density at radius 1 is 0.400 bits per heavy atom. The van der Waals surface area contributed by atoms with Gasteiger partial charge in [-0.05, 0) is 113 Å². The Hall–Kier alpha value is -5.72. The molecule has 0 unspecified atom stereocenters. The topological polar surface area (TPSA) is 72.8 Å². The van der Waals surface area contributed by atoms with Crippen LogP contribution < -0.4 is 0 Å². The van der Waals surface area contributed by atoms with Gasteiger partial charge in [0, 0.05) is 22.1 Å². The fourth-order valence-electron chi connectivity index (χ4n) is 11.0. The Bertz CT molecular complexity index is 2720. The third kappa shape index (κ3) is 5.11. The summed E-state index contributed by atoms with van der Waals surface area (Å²) in [6.07, 6.45) is 6.13. The summed E-state index contributed by atoms with van der Waals surface area (Å²) in [5.74, 6) is 4.23. The van der Waals surface area contributed by atoms with Crippen molar-refractivity contribution in [2.75, 3.05) is 0 Å². The summed E-state index contributed by atoms with van der Waals surface area (Å²) in [5.41, 5.74) is 8.45. The molecule has 55 heavy (non-hydrogen) atoms. The zero-order valence-corrected chi connectivity index (χ0v) is 31.2. The summed E-state index contributed by atoms with van der Waals surface area (Å²) in [4.78, 5) is 16.0. The van der Waals surface area contributed by atoms with E-state index in [1.54, 1.807) is 0 Å². The van der Waals surface area contributed by atoms with E-state index >= 15 is 0 Å². The van der Waals surface area contributed by atoms with E-state index in [-0.39, 0.29) is 5.41 Å². The predicted octanol–water partition coefficient (Wildman–Crippen LogP) is 11.1. The lowest BCUT2D eigenvalue weighted by molar-refractivity contribution is -0.0446. The maximum atomic E-state index is 14.6. The number of hydrogen-bond acceptors (Lipinski definition) is 5. The van der Waals surface area contributed by atoms with Crippen LogP contribution in [0.1, 0.15) is 43.2 Å². The lowest BCUT2D eigenvalue weighted by Gasteiger charge is -2.63. The number of benzene rings is 6. The first-order chi connectivity index (χ1) is 26.9. The molecule has 4 saturated carbocycles. The van der Waals surface area contributed by atoms with E-state index in [9.17, 15) is 8.42 Å². The summed E-state index contributed by atoms with van der Waals surface area (Å²) < 4.78 is 29.2. The molecular weight excluding hydrogens is 695 g/mol. The van der Waals surface area contributed by atoms with Crippen LogP contribution in [0.3, 0.4) is 0 Å². The minimum Gasteiger partial charge on any atom is -0.218 e. The summed E-state index contributed by atoms with van der Waals surface area (Å²) >= 11 is 0. The van der Waals surface area contributed by atoms with Crippen molar-refractivity contribution < 1.29 is 8.42 Å². The predicted molar refractivity (Wildman–Crippen MR) is 217 cm³/mol. The average Bonchev–Trinajstić information content (AvgIpc) is 3.24. The average molecular weight is 734 g/mol. The fourth-order valence-corrected chi connectivity index (χ4v) is 12.9. The summed E-state index contributed by atoms with van der Waals surface area (Å²) in [6.45, 7) is 0. The minimum atomic E-state index is -3.73. The van der Waals surface area contributed by atoms with Gasteiger partial charge in [0.15, 0.2) is 17.5 Å². The first-order valence-corrected chi connectivity index (χ1v) is 21.0. The van der Waals surface area contributed by atoms with Crippen molar-refractivity contribution >= 4 is 9.84 Å². The van der Waals surface area contributed by atoms with Gasteiger partial charge in [-0.2, -0.15) is 0 Å². The number of rotatable bonds is 5. The number of fused-ring (bicyclic) bond motifs is 2. The molecule has 4 fully saturated rings. The third-order valence-electron chi connectivity index (χ3n) is 13.1. The molecule has 0 amide bonds. The van der Waals surface area contributed by atoms with E-state index in [2.05, 4.69) is 54.6 Å². The molecule has 7 aromatic rings. The largest absolute Gasteiger partial charge is 0.218 e. The minimum absolute atomic E-state index is 0.252. The van der Waals surface area contributed by atoms with Gasteiger partial charge in [-0.3, -0.25) is 0 Å². The van der Waals surface area contributed by atoms with Crippen molar-refractivity contribution in [2.45, 2.75) is 47.3 Å². The van der Waals surface area contributed by atoms with Crippen LogP contribution in [-0.4, -0.2) is 23.4 Å². The highest BCUT2D eigenvalue weighted by molar-refractivity contribution is 7.91. The first kappa shape index (κ1) is 32.7. The molecule has 6 aromatic carbocycles. The molecule has 5 aliphatic rings. The van der Waals surface area contributed by atoms with Crippen molar-refractivity contribution in [3.05, 3.63) is 163 Å². The highest BCUT2D eigenvalue weighted by atomic mass is 32.2. The second kappa shape index (κ2) is 12.4. The van der Waals surface area contributed by atoms with Gasteiger partial charge in [-0.1, -0.05) is 127 Å². The molecule has 1 aliphatic heterocycles. The van der Waals surface area contributed by atoms with Crippen LogP contribution in [0.4, 0.5) is 0 Å². The normalized spacial score (nSPS) is 24.0. The maximum absolute atomic E-state index is 14.6. The molecule has 0 radical (unpaired) electrons. The van der Waals surface area contributed by atoms with Crippen molar-refractivity contribution in [1.29, 1.82) is 0 Å². The highest BCUT2D eigenvalue weighted by Gasteiger charge is 2.62. The fraction of sp³-hybridized carbons (Fsp3) is 0.204. The standard InChI is InChI=1S/C49H39N3O2S/c53-55(54)44-20-8-7-19-42(44)49(40-24-31-23-32(26-40)27-41(49)25-31)43-22-21-37(30-45(43)55)36-16-10-18-39(29-36)48-51-46(34-13-5-2-6-14-34)50-47(52-48)38-17-9-15-35(28-38)33-11-3-1-4-12-33/h1-22,28-32,40-41H,23-27H2. The van der Waals surface area contributed by atoms with E-state index in [1.807, 2.05) is 97.1 Å². The van der Waals surface area contributed by atoms with Crippen LogP contribution in [0.2, 0.25) is 0 Å². The van der Waals surface area contributed by atoms with Crippen LogP contribution in [-0.2, 0) is 15.3 Å². The van der Waals surface area contributed by atoms with Crippen LogP contribution in [0.25, 0.3) is 56.4 Å². The van der Waals surface area contributed by atoms with Gasteiger partial charge in [0.1, 0.15) is 0 Å². The molecule has 12 rings (SSSR count). The van der Waals surface area contributed by atoms with Crippen LogP contribution in [0, 0.1) is 23.7 Å². The maximum Gasteiger partial charge on any atom is 0.207 e. The van der Waals surface area contributed by atoms with Gasteiger partial charge in [-0.15, -0.1) is 0 Å². The SMILES string of the molecule is O=S1(=O)c2ccccc2C2(c3ccc(-c4cccc(-c5nc(-c6ccccc6)nc(-c6cccc(-c7ccccc7)c6)n5)c4)cc31)C1CC3CC(C1)CC2C3. The first-order valence-electron chi connectivity index (χ1n) is 19.5. The molecule has 4 aliphatic carbocycles. The Morgan fingerprint density at radius 3 is 1.47 bits per heavy atom. The van der Waals surface area contributed by atoms with Crippen LogP contribution in [0.15, 0.2) is 161 Å². The lowest BCUT2D eigenvalue weighted by Crippen LogP contribution is -2.57. The van der Waals surface area contributed by atoms with Crippen LogP contribution >= 0.6 is 0 Å². The van der Waals surface area contributed by atoms with Crippen molar-refractivity contribution in [1.82, 2.24) is 15.0 Å². The van der Waals surface area contributed by atoms with E-state index in [1.165, 1.54) is 32.1 Å². The summed E-state index contributed by atoms with van der Waals surface area (Å²) in [6, 6.07) is 51.0. The summed E-state index contributed by atoms with van der Waals surface area (Å²) in [5, 5.41) is 0. The van der Waals surface area contributed by atoms with Crippen LogP contribution in [0.5, 0.6) is 0 Å². The van der Waals surface area contributed by atoms with E-state index in [0.717, 1.165) is 61.9 Å². The van der Waals surface area contributed by atoms with Gasteiger partial charge < -0.3 is 0 Å². The lowest BCUT2D eigenvalue weighted by atomic mass is 9.42. The number of hydrogen-bond donors (Lipinski definition) is 0. The number of sulfone groups is 1. The van der Waals surface area contributed by atoms with Gasteiger partial charge in [0.2, 0.25) is 9.84 Å². The van der Waals surface area contributed by atoms with E-state index in [0.29, 0.717) is 39.1 Å². The second-order valence-electron chi connectivity index (χ2n) is 16.1. The number of aromatic nitrogens is 3. The molecular formula is C49H39N3O2S. The molecule has 6 heteroatoms. The van der Waals surface area contributed by atoms with Gasteiger partial charge >= 0.3 is 0 Å². The smallest absolute Gasteiger partial charge is 0.207 e. The number of nitrogens with zero attached hydrogens (tertiary/aromatic N) is 3. The molecule has 0 saturated heterocycles. The van der Waals surface area contributed by atoms with Crippen molar-refractivity contribution in [3.63, 3.8) is 0 Å². The third-order valence-corrected chi connectivity index (χ3v) is 15.0. The monoisotopic (exact) mass is 733 g/mol. The van der Waals surface area contributed by atoms with Crippen molar-refractivity contribution in [3.8, 4) is 56.4 Å². The second-order valence-corrected chi connectivity index (χ2v) is 18.0. The molecule has 0 N–H and O–H groups in total. The van der Waals surface area contributed by atoms with Gasteiger partial charge in [0.05, 0.1) is 9.79 Å². The quantitative estimate of drug-likeness (QED) is 0.176. The van der Waals surface area contributed by atoms with E-state index < -0.39 is 9.84 Å². The Morgan fingerprint density at radius 2 is 0.855 bits per heavy atom. The molecule has 268 valence electrons. The molecule has 5 nitrogen and oxygen atoms in total. The van der Waals surface area contributed by atoms with E-state index in [4.69, 9.17) is 15.0 Å². The Kier molecular flexibility index (Phi) is 7.37. The Labute approximate surface area is 322 Å². The highest BCUT2D eigenvalue weighted by Crippen LogP contribution is 2.68. The zero-order chi connectivity index (χ0) is 36.7. The molecule has 1 aromatic heterocycles. The molecule has 4 bridgehead atoms. The molecule has 1 spiro atoms. The van der Waals surface area contributed by atoms with Crippen molar-refractivity contribution in [2.24, 2.45) is 23.7 Å². The van der Waals surface area contributed by atoms with Gasteiger partial charge in [0.25, 0.3) is 0 Å². The zero-order valence-electron chi connectivity index (χ0n) is 30.3. The Balaban J connectivity index is 1.03. The van der Waals surface area contributed by atoms with Gasteiger partial charge in [-0.25, -0.2) is 23.4 Å². The summed E-state index contributed by atoms with van der Waals surface area (Å²) in [7, 11) is -3.73. The molecule has 2 heterocycles.